The smallest absolute Gasteiger partial charge is 0.409 e. The van der Waals surface area contributed by atoms with Gasteiger partial charge in [0.1, 0.15) is 0 Å². The highest BCUT2D eigenvalue weighted by Crippen LogP contribution is 2.22. The predicted octanol–water partition coefficient (Wildman–Crippen LogP) is 1.48. The molecule has 0 aliphatic carbocycles. The van der Waals surface area contributed by atoms with Crippen LogP contribution in [0.3, 0.4) is 0 Å². The average Bonchev–Trinajstić information content (AvgIpc) is 2.95. The SMILES string of the molecule is COC(=O)N1CCc2c(cncc2C(=O)NCc2c(C)n[nH]c2C)C1. The molecule has 2 aromatic rings. The van der Waals surface area contributed by atoms with Crippen molar-refractivity contribution in [3.63, 3.8) is 0 Å². The molecule has 25 heavy (non-hydrogen) atoms. The van der Waals surface area contributed by atoms with Crippen molar-refractivity contribution in [1.29, 1.82) is 0 Å². The lowest BCUT2D eigenvalue weighted by Gasteiger charge is -2.28. The summed E-state index contributed by atoms with van der Waals surface area (Å²) in [6, 6.07) is 0. The van der Waals surface area contributed by atoms with Gasteiger partial charge < -0.3 is 15.0 Å². The van der Waals surface area contributed by atoms with E-state index in [-0.39, 0.29) is 12.0 Å². The maximum absolute atomic E-state index is 12.6. The third kappa shape index (κ3) is 3.33. The number of carbonyl (C=O) groups is 2. The van der Waals surface area contributed by atoms with E-state index >= 15 is 0 Å². The summed E-state index contributed by atoms with van der Waals surface area (Å²) in [6.07, 6.45) is 3.51. The van der Waals surface area contributed by atoms with E-state index in [9.17, 15) is 9.59 Å². The molecule has 3 heterocycles. The van der Waals surface area contributed by atoms with Gasteiger partial charge in [0.15, 0.2) is 0 Å². The second-order valence-electron chi connectivity index (χ2n) is 6.06. The minimum Gasteiger partial charge on any atom is -0.453 e. The molecular formula is C17H21N5O3. The Bertz CT molecular complexity index is 795. The zero-order valence-corrected chi connectivity index (χ0v) is 14.5. The molecule has 2 aromatic heterocycles. The number of aromatic nitrogens is 3. The van der Waals surface area contributed by atoms with Gasteiger partial charge in [-0.2, -0.15) is 5.10 Å². The molecule has 0 saturated heterocycles. The summed E-state index contributed by atoms with van der Waals surface area (Å²) in [6.45, 7) is 5.15. The number of aromatic amines is 1. The first-order chi connectivity index (χ1) is 12.0. The van der Waals surface area contributed by atoms with E-state index in [1.54, 1.807) is 17.3 Å². The lowest BCUT2D eigenvalue weighted by Crippen LogP contribution is -2.37. The summed E-state index contributed by atoms with van der Waals surface area (Å²) >= 11 is 0. The standard InChI is InChI=1S/C17H21N5O3/c1-10-14(11(2)21-20-10)8-19-16(23)15-7-18-6-12-9-22(17(24)25-3)5-4-13(12)15/h6-7H,4-5,8-9H2,1-3H3,(H,19,23)(H,20,21). The van der Waals surface area contributed by atoms with E-state index in [0.29, 0.717) is 31.6 Å². The van der Waals surface area contributed by atoms with E-state index in [4.69, 9.17) is 4.74 Å². The number of ether oxygens (including phenoxy) is 1. The second kappa shape index (κ2) is 6.92. The molecule has 3 rings (SSSR count). The monoisotopic (exact) mass is 343 g/mol. The van der Waals surface area contributed by atoms with Crippen LogP contribution >= 0.6 is 0 Å². The molecule has 0 radical (unpaired) electrons. The van der Waals surface area contributed by atoms with Gasteiger partial charge in [0.25, 0.3) is 5.91 Å². The fourth-order valence-corrected chi connectivity index (χ4v) is 3.07. The number of pyridine rings is 1. The van der Waals surface area contributed by atoms with Crippen molar-refractivity contribution < 1.29 is 14.3 Å². The van der Waals surface area contributed by atoms with Crippen LogP contribution in [0.25, 0.3) is 0 Å². The predicted molar refractivity (Wildman–Crippen MR) is 90.0 cm³/mol. The molecule has 0 aromatic carbocycles. The highest BCUT2D eigenvalue weighted by molar-refractivity contribution is 5.95. The van der Waals surface area contributed by atoms with Gasteiger partial charge in [0.2, 0.25) is 0 Å². The largest absolute Gasteiger partial charge is 0.453 e. The normalized spacial score (nSPS) is 13.3. The van der Waals surface area contributed by atoms with E-state index in [2.05, 4.69) is 20.5 Å². The molecule has 1 aliphatic rings. The van der Waals surface area contributed by atoms with Gasteiger partial charge in [-0.1, -0.05) is 0 Å². The van der Waals surface area contributed by atoms with Crippen LogP contribution in [-0.2, 0) is 24.2 Å². The zero-order chi connectivity index (χ0) is 18.0. The van der Waals surface area contributed by atoms with Crippen LogP contribution in [0.4, 0.5) is 4.79 Å². The van der Waals surface area contributed by atoms with Crippen molar-refractivity contribution in [2.45, 2.75) is 33.4 Å². The van der Waals surface area contributed by atoms with Crippen LogP contribution in [0.1, 0.15) is 38.4 Å². The van der Waals surface area contributed by atoms with E-state index in [1.165, 1.54) is 7.11 Å². The number of hydrogen-bond donors (Lipinski definition) is 2. The molecule has 0 unspecified atom stereocenters. The number of nitrogens with zero attached hydrogens (tertiary/aromatic N) is 3. The van der Waals surface area contributed by atoms with Crippen LogP contribution in [0, 0.1) is 13.8 Å². The Morgan fingerprint density at radius 2 is 2.16 bits per heavy atom. The summed E-state index contributed by atoms with van der Waals surface area (Å²) < 4.78 is 4.76. The third-order valence-corrected chi connectivity index (χ3v) is 4.52. The molecule has 1 aliphatic heterocycles. The van der Waals surface area contributed by atoms with E-state index in [0.717, 1.165) is 28.1 Å². The van der Waals surface area contributed by atoms with Gasteiger partial charge in [0, 0.05) is 36.7 Å². The van der Waals surface area contributed by atoms with E-state index in [1.807, 2.05) is 13.8 Å². The molecule has 0 spiro atoms. The van der Waals surface area contributed by atoms with Crippen LogP contribution in [0.2, 0.25) is 0 Å². The van der Waals surface area contributed by atoms with Crippen molar-refractivity contribution in [1.82, 2.24) is 25.4 Å². The first-order valence-electron chi connectivity index (χ1n) is 8.08. The summed E-state index contributed by atoms with van der Waals surface area (Å²) in [5, 5.41) is 9.97. The fraction of sp³-hybridized carbons (Fsp3) is 0.412. The number of fused-ring (bicyclic) bond motifs is 1. The number of hydrogen-bond acceptors (Lipinski definition) is 5. The number of H-pyrrole nitrogens is 1. The molecular weight excluding hydrogens is 322 g/mol. The Balaban J connectivity index is 1.75. The molecule has 8 heteroatoms. The van der Waals surface area contributed by atoms with Crippen molar-refractivity contribution in [2.24, 2.45) is 0 Å². The van der Waals surface area contributed by atoms with Gasteiger partial charge in [-0.25, -0.2) is 4.79 Å². The molecule has 2 amide bonds. The molecule has 2 N–H and O–H groups in total. The number of methoxy groups -OCH3 is 1. The molecule has 0 bridgehead atoms. The molecule has 0 atom stereocenters. The number of nitrogens with one attached hydrogen (secondary N) is 2. The highest BCUT2D eigenvalue weighted by atomic mass is 16.5. The zero-order valence-electron chi connectivity index (χ0n) is 14.5. The number of carbonyl (C=O) groups excluding carboxylic acids is 2. The van der Waals surface area contributed by atoms with Gasteiger partial charge in [0.05, 0.1) is 24.9 Å². The topological polar surface area (TPSA) is 100 Å². The minimum atomic E-state index is -0.369. The van der Waals surface area contributed by atoms with Crippen LogP contribution in [-0.4, -0.2) is 45.7 Å². The second-order valence-corrected chi connectivity index (χ2v) is 6.06. The van der Waals surface area contributed by atoms with Gasteiger partial charge in [-0.05, 0) is 31.4 Å². The Kier molecular flexibility index (Phi) is 4.69. The summed E-state index contributed by atoms with van der Waals surface area (Å²) in [5.74, 6) is -0.170. The Morgan fingerprint density at radius 3 is 2.84 bits per heavy atom. The Hall–Kier alpha value is -2.90. The van der Waals surface area contributed by atoms with Crippen LogP contribution in [0.5, 0.6) is 0 Å². The fourth-order valence-electron chi connectivity index (χ4n) is 3.07. The first-order valence-corrected chi connectivity index (χ1v) is 8.08. The van der Waals surface area contributed by atoms with Gasteiger partial charge in [-0.15, -0.1) is 0 Å². The van der Waals surface area contributed by atoms with Crippen molar-refractivity contribution >= 4 is 12.0 Å². The molecule has 0 fully saturated rings. The minimum absolute atomic E-state index is 0.170. The number of amides is 2. The summed E-state index contributed by atoms with van der Waals surface area (Å²) in [5.41, 5.74) is 5.18. The van der Waals surface area contributed by atoms with Crippen molar-refractivity contribution in [3.8, 4) is 0 Å². The Labute approximate surface area is 145 Å². The lowest BCUT2D eigenvalue weighted by molar-refractivity contribution is 0.0948. The van der Waals surface area contributed by atoms with Crippen molar-refractivity contribution in [2.75, 3.05) is 13.7 Å². The van der Waals surface area contributed by atoms with Gasteiger partial charge >= 0.3 is 6.09 Å². The van der Waals surface area contributed by atoms with Crippen molar-refractivity contribution in [3.05, 3.63) is 46.0 Å². The Morgan fingerprint density at radius 1 is 1.36 bits per heavy atom. The van der Waals surface area contributed by atoms with Gasteiger partial charge in [-0.3, -0.25) is 14.9 Å². The third-order valence-electron chi connectivity index (χ3n) is 4.52. The maximum Gasteiger partial charge on any atom is 0.409 e. The summed E-state index contributed by atoms with van der Waals surface area (Å²) in [7, 11) is 1.36. The van der Waals surface area contributed by atoms with Crippen LogP contribution in [0.15, 0.2) is 12.4 Å². The lowest BCUT2D eigenvalue weighted by atomic mass is 9.97. The summed E-state index contributed by atoms with van der Waals surface area (Å²) in [4.78, 5) is 30.1. The average molecular weight is 343 g/mol. The molecule has 8 nitrogen and oxygen atoms in total. The molecule has 0 saturated carbocycles. The quantitative estimate of drug-likeness (QED) is 0.879. The molecule has 132 valence electrons. The number of aryl methyl sites for hydroxylation is 2. The van der Waals surface area contributed by atoms with E-state index < -0.39 is 0 Å². The maximum atomic E-state index is 12.6. The highest BCUT2D eigenvalue weighted by Gasteiger charge is 2.25. The van der Waals surface area contributed by atoms with Crippen LogP contribution < -0.4 is 5.32 Å². The number of rotatable bonds is 3. The first kappa shape index (κ1) is 16.9.